The smallest absolute Gasteiger partial charge is 0.407 e. The van der Waals surface area contributed by atoms with E-state index in [2.05, 4.69) is 24.4 Å². The molecule has 0 saturated carbocycles. The molecule has 0 aliphatic heterocycles. The van der Waals surface area contributed by atoms with E-state index in [0.29, 0.717) is 5.56 Å². The molecule has 5 rings (SSSR count). The van der Waals surface area contributed by atoms with E-state index in [1.54, 1.807) is 0 Å². The molecule has 0 heterocycles. The Balaban J connectivity index is 1.44. The van der Waals surface area contributed by atoms with Gasteiger partial charge in [0.1, 0.15) is 6.61 Å². The highest BCUT2D eigenvalue weighted by Crippen LogP contribution is 2.53. The first-order valence-electron chi connectivity index (χ1n) is 20.2. The molecule has 5 aromatic carbocycles. The SMILES string of the molecule is CCCCCCCCc1ccc(C(O)CC(COCc2ccccc2)(CP(=O)(OCc2ccccc2)OCc2ccccc2)NC(=O)OCc2ccccc2)cc1. The Hall–Kier alpha value is -4.56. The lowest BCUT2D eigenvalue weighted by atomic mass is 9.91. The highest BCUT2D eigenvalue weighted by molar-refractivity contribution is 7.53. The lowest BCUT2D eigenvalue weighted by molar-refractivity contribution is 0.0283. The van der Waals surface area contributed by atoms with Crippen LogP contribution in [0.15, 0.2) is 146 Å². The molecule has 9 heteroatoms. The maximum absolute atomic E-state index is 15.1. The number of aliphatic hydroxyl groups excluding tert-OH is 1. The van der Waals surface area contributed by atoms with Crippen LogP contribution in [-0.2, 0) is 55.9 Å². The van der Waals surface area contributed by atoms with Crippen molar-refractivity contribution in [1.82, 2.24) is 5.32 Å². The van der Waals surface area contributed by atoms with Gasteiger partial charge in [0.15, 0.2) is 0 Å². The molecule has 302 valence electrons. The van der Waals surface area contributed by atoms with Crippen molar-refractivity contribution in [2.45, 2.75) is 96.4 Å². The number of alkyl carbamates (subject to hydrolysis) is 1. The molecule has 0 aliphatic carbocycles. The normalized spacial score (nSPS) is 13.1. The summed E-state index contributed by atoms with van der Waals surface area (Å²) in [6.45, 7) is 2.35. The van der Waals surface area contributed by atoms with Gasteiger partial charge in [0.05, 0.1) is 44.2 Å². The predicted molar refractivity (Wildman–Crippen MR) is 227 cm³/mol. The monoisotopic (exact) mass is 791 g/mol. The summed E-state index contributed by atoms with van der Waals surface area (Å²) < 4.78 is 39.7. The van der Waals surface area contributed by atoms with E-state index in [0.717, 1.165) is 35.1 Å². The van der Waals surface area contributed by atoms with Crippen molar-refractivity contribution in [1.29, 1.82) is 0 Å². The zero-order chi connectivity index (χ0) is 40.0. The minimum Gasteiger partial charge on any atom is -0.445 e. The average molecular weight is 792 g/mol. The quantitative estimate of drug-likeness (QED) is 0.0448. The Morgan fingerprint density at radius 2 is 1.09 bits per heavy atom. The molecule has 1 amide bonds. The number of amides is 1. The first-order chi connectivity index (χ1) is 27.8. The summed E-state index contributed by atoms with van der Waals surface area (Å²) in [6.07, 6.45) is 6.11. The van der Waals surface area contributed by atoms with Crippen LogP contribution in [0.25, 0.3) is 0 Å². The van der Waals surface area contributed by atoms with Gasteiger partial charge in [0, 0.05) is 6.42 Å². The molecule has 0 saturated heterocycles. The lowest BCUT2D eigenvalue weighted by Gasteiger charge is -2.38. The number of unbranched alkanes of at least 4 members (excludes halogenated alkanes) is 5. The van der Waals surface area contributed by atoms with Gasteiger partial charge >= 0.3 is 13.7 Å². The first kappa shape index (κ1) is 43.6. The second-order valence-corrected chi connectivity index (χ2v) is 16.8. The van der Waals surface area contributed by atoms with Gasteiger partial charge in [-0.2, -0.15) is 0 Å². The Labute approximate surface area is 339 Å². The molecule has 0 bridgehead atoms. The summed E-state index contributed by atoms with van der Waals surface area (Å²) in [5.41, 5.74) is 3.74. The molecule has 8 nitrogen and oxygen atoms in total. The largest absolute Gasteiger partial charge is 0.445 e. The fourth-order valence-electron chi connectivity index (χ4n) is 6.71. The summed E-state index contributed by atoms with van der Waals surface area (Å²) >= 11 is 0. The van der Waals surface area contributed by atoms with Crippen molar-refractivity contribution in [2.75, 3.05) is 12.8 Å². The topological polar surface area (TPSA) is 103 Å². The number of nitrogens with one attached hydrogen (secondary N) is 1. The van der Waals surface area contributed by atoms with E-state index >= 15 is 4.57 Å². The number of carbonyl (C=O) groups is 1. The van der Waals surface area contributed by atoms with Gasteiger partial charge in [-0.25, -0.2) is 4.79 Å². The third kappa shape index (κ3) is 15.7. The zero-order valence-electron chi connectivity index (χ0n) is 33.2. The molecule has 57 heavy (non-hydrogen) atoms. The number of rotatable bonds is 25. The van der Waals surface area contributed by atoms with Crippen LogP contribution in [-0.4, -0.2) is 29.5 Å². The van der Waals surface area contributed by atoms with Crippen molar-refractivity contribution in [3.05, 3.63) is 179 Å². The van der Waals surface area contributed by atoms with Crippen LogP contribution in [0.1, 0.15) is 91.4 Å². The van der Waals surface area contributed by atoms with E-state index in [9.17, 15) is 9.90 Å². The van der Waals surface area contributed by atoms with Gasteiger partial charge in [-0.3, -0.25) is 4.57 Å². The van der Waals surface area contributed by atoms with E-state index < -0.39 is 25.3 Å². The van der Waals surface area contributed by atoms with Gasteiger partial charge in [-0.15, -0.1) is 0 Å². The fraction of sp³-hybridized carbons (Fsp3) is 0.354. The predicted octanol–water partition coefficient (Wildman–Crippen LogP) is 11.5. The number of aliphatic hydroxyl groups is 1. The average Bonchev–Trinajstić information content (AvgIpc) is 3.24. The Morgan fingerprint density at radius 3 is 1.61 bits per heavy atom. The summed E-state index contributed by atoms with van der Waals surface area (Å²) in [5, 5.41) is 15.0. The molecule has 0 aliphatic rings. The van der Waals surface area contributed by atoms with Crippen molar-refractivity contribution < 1.29 is 33.0 Å². The van der Waals surface area contributed by atoms with Crippen LogP contribution in [0.5, 0.6) is 0 Å². The van der Waals surface area contributed by atoms with Crippen LogP contribution in [0.2, 0.25) is 0 Å². The third-order valence-electron chi connectivity index (χ3n) is 9.88. The first-order valence-corrected chi connectivity index (χ1v) is 21.9. The lowest BCUT2D eigenvalue weighted by Crippen LogP contribution is -2.55. The number of hydrogen-bond donors (Lipinski definition) is 2. The highest BCUT2D eigenvalue weighted by atomic mass is 31.2. The number of ether oxygens (including phenoxy) is 2. The molecular formula is C48H58NO7P. The molecule has 5 aromatic rings. The summed E-state index contributed by atoms with van der Waals surface area (Å²) in [6, 6.07) is 45.9. The van der Waals surface area contributed by atoms with Crippen molar-refractivity contribution in [3.8, 4) is 0 Å². The number of aryl methyl sites for hydroxylation is 1. The van der Waals surface area contributed by atoms with Gasteiger partial charge in [0.2, 0.25) is 0 Å². The number of benzene rings is 5. The van der Waals surface area contributed by atoms with Crippen molar-refractivity contribution in [3.63, 3.8) is 0 Å². The molecule has 0 fully saturated rings. The molecule has 0 radical (unpaired) electrons. The van der Waals surface area contributed by atoms with Crippen LogP contribution >= 0.6 is 7.60 Å². The zero-order valence-corrected chi connectivity index (χ0v) is 34.1. The van der Waals surface area contributed by atoms with Crippen LogP contribution in [0, 0.1) is 0 Å². The summed E-state index contributed by atoms with van der Waals surface area (Å²) in [7, 11) is -4.06. The second kappa shape index (κ2) is 23.6. The van der Waals surface area contributed by atoms with Gasteiger partial charge in [-0.1, -0.05) is 185 Å². The van der Waals surface area contributed by atoms with E-state index in [1.807, 2.05) is 133 Å². The van der Waals surface area contributed by atoms with E-state index in [-0.39, 0.29) is 45.6 Å². The minimum atomic E-state index is -4.06. The number of hydrogen-bond acceptors (Lipinski definition) is 7. The standard InChI is InChI=1S/C48H58NO7P/c1-2-3-4-5-6-11-20-40-29-31-45(32-30-40)46(50)33-48(38-53-34-41-21-12-7-13-22-41,49-47(51)54-35-42-23-14-8-15-24-42)39-57(52,55-36-43-25-16-9-17-26-43)56-37-44-27-18-10-19-28-44/h7-10,12-19,21-32,46,50H,2-6,11,20,33-39H2,1H3,(H,49,51). The fourth-order valence-corrected chi connectivity index (χ4v) is 8.70. The van der Waals surface area contributed by atoms with Gasteiger partial charge in [-0.05, 0) is 46.2 Å². The second-order valence-electron chi connectivity index (χ2n) is 14.7. The summed E-state index contributed by atoms with van der Waals surface area (Å²) in [4.78, 5) is 13.8. The Bertz CT molecular complexity index is 1850. The molecule has 0 spiro atoms. The molecular weight excluding hydrogens is 734 g/mol. The minimum absolute atomic E-state index is 0.00886. The van der Waals surface area contributed by atoms with Crippen molar-refractivity contribution in [2.24, 2.45) is 0 Å². The van der Waals surface area contributed by atoms with Crippen LogP contribution in [0.3, 0.4) is 0 Å². The van der Waals surface area contributed by atoms with E-state index in [4.69, 9.17) is 18.5 Å². The third-order valence-corrected chi connectivity index (χ3v) is 11.9. The van der Waals surface area contributed by atoms with Crippen LogP contribution in [0.4, 0.5) is 4.79 Å². The highest BCUT2D eigenvalue weighted by Gasteiger charge is 2.44. The van der Waals surface area contributed by atoms with Crippen molar-refractivity contribution >= 4 is 13.7 Å². The van der Waals surface area contributed by atoms with Gasteiger partial charge in [0.25, 0.3) is 0 Å². The maximum atomic E-state index is 15.1. The van der Waals surface area contributed by atoms with Crippen LogP contribution < -0.4 is 5.32 Å². The molecule has 2 unspecified atom stereocenters. The van der Waals surface area contributed by atoms with Gasteiger partial charge < -0.3 is 28.9 Å². The summed E-state index contributed by atoms with van der Waals surface area (Å²) in [5.74, 6) is 0. The molecule has 2 atom stereocenters. The molecule has 2 N–H and O–H groups in total. The van der Waals surface area contributed by atoms with E-state index in [1.165, 1.54) is 37.7 Å². The Kier molecular flexibility index (Phi) is 18.0. The Morgan fingerprint density at radius 1 is 0.614 bits per heavy atom. The number of carbonyl (C=O) groups excluding carboxylic acids is 1. The molecule has 0 aromatic heterocycles. The maximum Gasteiger partial charge on any atom is 0.407 e.